The molecule has 0 aromatic carbocycles. The van der Waals surface area contributed by atoms with Gasteiger partial charge in [-0.05, 0) is 30.2 Å². The highest BCUT2D eigenvalue weighted by atomic mass is 32.1. The van der Waals surface area contributed by atoms with Crippen molar-refractivity contribution in [3.63, 3.8) is 0 Å². The van der Waals surface area contributed by atoms with Gasteiger partial charge in [0.1, 0.15) is 0 Å². The highest BCUT2D eigenvalue weighted by Crippen LogP contribution is 2.12. The van der Waals surface area contributed by atoms with E-state index in [2.05, 4.69) is 16.8 Å². The van der Waals surface area contributed by atoms with Gasteiger partial charge in [0.25, 0.3) is 0 Å². The molecule has 4 heteroatoms. The number of aryl methyl sites for hydroxylation is 1. The van der Waals surface area contributed by atoms with Crippen molar-refractivity contribution in [3.05, 3.63) is 22.4 Å². The fraction of sp³-hybridized carbons (Fsp3) is 0.615. The van der Waals surface area contributed by atoms with Gasteiger partial charge in [0.15, 0.2) is 0 Å². The summed E-state index contributed by atoms with van der Waals surface area (Å²) in [6.45, 7) is 3.99. The largest absolute Gasteiger partial charge is 0.394 e. The molecule has 0 saturated heterocycles. The first-order chi connectivity index (χ1) is 8.13. The van der Waals surface area contributed by atoms with Crippen molar-refractivity contribution in [2.24, 2.45) is 5.92 Å². The molecule has 1 amide bonds. The Morgan fingerprint density at radius 2 is 2.29 bits per heavy atom. The van der Waals surface area contributed by atoms with Crippen LogP contribution in [0.4, 0.5) is 0 Å². The summed E-state index contributed by atoms with van der Waals surface area (Å²) in [5.74, 6) is 0.301. The van der Waals surface area contributed by atoms with Gasteiger partial charge < -0.3 is 10.4 Å². The fourth-order valence-electron chi connectivity index (χ4n) is 1.58. The van der Waals surface area contributed by atoms with E-state index in [1.165, 1.54) is 4.88 Å². The van der Waals surface area contributed by atoms with Crippen molar-refractivity contribution in [3.8, 4) is 0 Å². The lowest BCUT2D eigenvalue weighted by molar-refractivity contribution is -0.122. The zero-order chi connectivity index (χ0) is 12.7. The minimum atomic E-state index is -0.121. The molecule has 1 unspecified atom stereocenters. The Hall–Kier alpha value is -0.870. The van der Waals surface area contributed by atoms with Gasteiger partial charge >= 0.3 is 0 Å². The number of carbonyl (C=O) groups is 1. The first-order valence-corrected chi connectivity index (χ1v) is 6.94. The summed E-state index contributed by atoms with van der Waals surface area (Å²) in [5, 5.41) is 14.0. The van der Waals surface area contributed by atoms with Gasteiger partial charge in [0, 0.05) is 11.3 Å². The summed E-state index contributed by atoms with van der Waals surface area (Å²) < 4.78 is 0. The van der Waals surface area contributed by atoms with Gasteiger partial charge in [0.05, 0.1) is 12.6 Å². The van der Waals surface area contributed by atoms with Gasteiger partial charge in [-0.3, -0.25) is 4.79 Å². The van der Waals surface area contributed by atoms with Crippen LogP contribution in [0.2, 0.25) is 0 Å². The average Bonchev–Trinajstić information content (AvgIpc) is 2.78. The molecular formula is C13H21NO2S. The molecule has 0 bridgehead atoms. The maximum absolute atomic E-state index is 11.6. The topological polar surface area (TPSA) is 49.3 Å². The highest BCUT2D eigenvalue weighted by molar-refractivity contribution is 7.09. The number of thiophene rings is 1. The number of rotatable bonds is 7. The summed E-state index contributed by atoms with van der Waals surface area (Å²) >= 11 is 1.73. The van der Waals surface area contributed by atoms with Crippen LogP contribution < -0.4 is 5.32 Å². The maximum Gasteiger partial charge on any atom is 0.220 e. The van der Waals surface area contributed by atoms with Crippen LogP contribution in [-0.4, -0.2) is 23.7 Å². The second-order valence-electron chi connectivity index (χ2n) is 4.53. The lowest BCUT2D eigenvalue weighted by atomic mass is 10.1. The van der Waals surface area contributed by atoms with Gasteiger partial charge in [-0.25, -0.2) is 0 Å². The average molecular weight is 255 g/mol. The third-order valence-corrected chi connectivity index (χ3v) is 3.69. The predicted octanol–water partition coefficient (Wildman–Crippen LogP) is 2.20. The van der Waals surface area contributed by atoms with Crippen molar-refractivity contribution >= 4 is 17.2 Å². The highest BCUT2D eigenvalue weighted by Gasteiger charge is 2.14. The Morgan fingerprint density at radius 1 is 1.53 bits per heavy atom. The lowest BCUT2D eigenvalue weighted by Gasteiger charge is -2.19. The molecule has 2 N–H and O–H groups in total. The number of nitrogens with one attached hydrogen (secondary N) is 1. The molecule has 1 aromatic heterocycles. The Morgan fingerprint density at radius 3 is 2.82 bits per heavy atom. The fourth-order valence-corrected chi connectivity index (χ4v) is 2.33. The van der Waals surface area contributed by atoms with Crippen LogP contribution in [0.3, 0.4) is 0 Å². The Bertz CT molecular complexity index is 322. The van der Waals surface area contributed by atoms with Crippen LogP contribution in [0.25, 0.3) is 0 Å². The van der Waals surface area contributed by atoms with E-state index in [0.29, 0.717) is 6.42 Å². The zero-order valence-electron chi connectivity index (χ0n) is 10.5. The first-order valence-electron chi connectivity index (χ1n) is 6.06. The monoisotopic (exact) mass is 255 g/mol. The molecule has 17 heavy (non-hydrogen) atoms. The molecule has 0 fully saturated rings. The van der Waals surface area contributed by atoms with E-state index < -0.39 is 0 Å². The molecule has 0 spiro atoms. The summed E-state index contributed by atoms with van der Waals surface area (Å²) in [6.07, 6.45) is 2.35. The van der Waals surface area contributed by atoms with Crippen LogP contribution in [0.15, 0.2) is 17.5 Å². The minimum Gasteiger partial charge on any atom is -0.394 e. The van der Waals surface area contributed by atoms with Gasteiger partial charge in [-0.15, -0.1) is 11.3 Å². The van der Waals surface area contributed by atoms with E-state index in [9.17, 15) is 4.79 Å². The molecule has 1 aromatic rings. The Kier molecular flexibility index (Phi) is 6.22. The van der Waals surface area contributed by atoms with E-state index in [1.54, 1.807) is 11.3 Å². The molecule has 0 aliphatic heterocycles. The summed E-state index contributed by atoms with van der Waals surface area (Å²) in [7, 11) is 0. The number of aliphatic hydroxyl groups excluding tert-OH is 1. The number of amides is 1. The first kappa shape index (κ1) is 14.2. The van der Waals surface area contributed by atoms with E-state index >= 15 is 0 Å². The second-order valence-corrected chi connectivity index (χ2v) is 5.57. The number of hydrogen-bond acceptors (Lipinski definition) is 3. The van der Waals surface area contributed by atoms with E-state index in [1.807, 2.05) is 19.9 Å². The van der Waals surface area contributed by atoms with Gasteiger partial charge in [-0.2, -0.15) is 0 Å². The van der Waals surface area contributed by atoms with E-state index in [0.717, 1.165) is 12.8 Å². The maximum atomic E-state index is 11.6. The lowest BCUT2D eigenvalue weighted by Crippen LogP contribution is -2.41. The summed E-state index contributed by atoms with van der Waals surface area (Å²) in [5.41, 5.74) is 0. The molecule has 1 atom stereocenters. The van der Waals surface area contributed by atoms with Crippen molar-refractivity contribution < 1.29 is 9.90 Å². The SMILES string of the molecule is CC(C)C(CO)NC(=O)CCCc1cccs1. The van der Waals surface area contributed by atoms with E-state index in [4.69, 9.17) is 5.11 Å². The third-order valence-electron chi connectivity index (χ3n) is 2.75. The Balaban J connectivity index is 2.20. The molecular weight excluding hydrogens is 234 g/mol. The van der Waals surface area contributed by atoms with Crippen molar-refractivity contribution in [1.82, 2.24) is 5.32 Å². The molecule has 0 aliphatic rings. The quantitative estimate of drug-likeness (QED) is 0.785. The number of carbonyl (C=O) groups excluding carboxylic acids is 1. The second kappa shape index (κ2) is 7.45. The van der Waals surface area contributed by atoms with Crippen molar-refractivity contribution in [1.29, 1.82) is 0 Å². The van der Waals surface area contributed by atoms with Crippen LogP contribution in [-0.2, 0) is 11.2 Å². The summed E-state index contributed by atoms with van der Waals surface area (Å²) in [4.78, 5) is 12.9. The number of hydrogen-bond donors (Lipinski definition) is 2. The van der Waals surface area contributed by atoms with Crippen LogP contribution >= 0.6 is 11.3 Å². The van der Waals surface area contributed by atoms with Crippen LogP contribution in [0, 0.1) is 5.92 Å². The van der Waals surface area contributed by atoms with Crippen LogP contribution in [0.1, 0.15) is 31.6 Å². The smallest absolute Gasteiger partial charge is 0.220 e. The molecule has 0 aliphatic carbocycles. The van der Waals surface area contributed by atoms with Crippen LogP contribution in [0.5, 0.6) is 0 Å². The molecule has 0 saturated carbocycles. The Labute approximate surface area is 107 Å². The summed E-state index contributed by atoms with van der Waals surface area (Å²) in [6, 6.07) is 4.00. The molecule has 1 rings (SSSR count). The molecule has 0 radical (unpaired) electrons. The normalized spacial score (nSPS) is 12.7. The van der Waals surface area contributed by atoms with Gasteiger partial charge in [0.2, 0.25) is 5.91 Å². The molecule has 96 valence electrons. The molecule has 3 nitrogen and oxygen atoms in total. The predicted molar refractivity (Wildman–Crippen MR) is 71.1 cm³/mol. The minimum absolute atomic E-state index is 0.00827. The third kappa shape index (κ3) is 5.33. The standard InChI is InChI=1S/C13H21NO2S/c1-10(2)12(9-15)14-13(16)7-3-5-11-6-4-8-17-11/h4,6,8,10,12,15H,3,5,7,9H2,1-2H3,(H,14,16). The van der Waals surface area contributed by atoms with E-state index in [-0.39, 0.29) is 24.5 Å². The molecule has 1 heterocycles. The van der Waals surface area contributed by atoms with Crippen molar-refractivity contribution in [2.75, 3.05) is 6.61 Å². The van der Waals surface area contributed by atoms with Crippen molar-refractivity contribution in [2.45, 2.75) is 39.2 Å². The zero-order valence-corrected chi connectivity index (χ0v) is 11.3. The van der Waals surface area contributed by atoms with Gasteiger partial charge in [-0.1, -0.05) is 19.9 Å². The number of aliphatic hydroxyl groups is 1.